The van der Waals surface area contributed by atoms with E-state index in [9.17, 15) is 39.5 Å². The highest BCUT2D eigenvalue weighted by molar-refractivity contribution is 7.62. The lowest BCUT2D eigenvalue weighted by molar-refractivity contribution is 0.376. The van der Waals surface area contributed by atoms with Crippen LogP contribution in [0.5, 0.6) is 0 Å². The predicted molar refractivity (Wildman–Crippen MR) is 210 cm³/mol. The fraction of sp³-hybridized carbons (Fsp3) is 0.273. The van der Waals surface area contributed by atoms with Crippen molar-refractivity contribution in [3.63, 3.8) is 0 Å². The van der Waals surface area contributed by atoms with Crippen LogP contribution in [0.4, 0.5) is 65.9 Å². The smallest absolute Gasteiger partial charge is 0.200 e. The Morgan fingerprint density at radius 3 is 0.984 bits per heavy atom. The fourth-order valence-corrected chi connectivity index (χ4v) is 16.6. The predicted octanol–water partition coefficient (Wildman–Crippen LogP) is 12.4. The Hall–Kier alpha value is -4.72. The summed E-state index contributed by atoms with van der Waals surface area (Å²) in [5.41, 5.74) is -11.8. The van der Waals surface area contributed by atoms with Gasteiger partial charge in [-0.1, -0.05) is 60.2 Å². The molecule has 0 radical (unpaired) electrons. The molecule has 0 saturated heterocycles. The standard InChI is InChI=1S/C32H9BF15.C12H27P/c34-18-14(19(35)25(41)30(46)24(18)40)15-13(10-6-2-1-3-7-10)11-8-4-5-9-12(11)33(15,16-20(36)26(42)31(47)27(43)21(16)37)17-22(38)28(44)32(48)29(45)23(17)39;1-10(2,3)13(11(4,5)6)12(7,8)9/h1-9H;1-9H3/q-1;/p+1. The molecule has 0 N–H and O–H groups in total. The molecule has 0 amide bonds. The van der Waals surface area contributed by atoms with Gasteiger partial charge in [-0.15, -0.1) is 10.9 Å². The third-order valence-electron chi connectivity index (χ3n) is 10.5. The van der Waals surface area contributed by atoms with Gasteiger partial charge in [0.2, 0.25) is 5.82 Å². The van der Waals surface area contributed by atoms with E-state index in [-0.39, 0.29) is 5.56 Å². The second-order valence-electron chi connectivity index (χ2n) is 17.6. The van der Waals surface area contributed by atoms with E-state index in [0.717, 1.165) is 30.3 Å². The molecule has 326 valence electrons. The van der Waals surface area contributed by atoms with E-state index in [2.05, 4.69) is 62.3 Å². The number of hydrogen-bond donors (Lipinski definition) is 0. The molecule has 0 bridgehead atoms. The molecule has 17 heteroatoms. The Morgan fingerprint density at radius 1 is 0.361 bits per heavy atom. The molecule has 0 unspecified atom stereocenters. The summed E-state index contributed by atoms with van der Waals surface area (Å²) in [5.74, 6) is -43.1. The summed E-state index contributed by atoms with van der Waals surface area (Å²) in [6.45, 7) is 21.6. The van der Waals surface area contributed by atoms with Gasteiger partial charge < -0.3 is 0 Å². The molecule has 1 aliphatic rings. The SMILES string of the molecule is CC(C)(C)[PH+](C(C)(C)C)C(C)(C)C.Fc1c(F)c(F)c(C2=C(c3ccccc3)c3ccccc3[B-]2(c2c(F)c(F)c(F)c(F)c2F)c2c(F)c(F)c(F)c(F)c2F)c(F)c1F. The molecule has 1 aliphatic heterocycles. The highest BCUT2D eigenvalue weighted by Gasteiger charge is 2.53. The van der Waals surface area contributed by atoms with Crippen LogP contribution in [0.3, 0.4) is 0 Å². The lowest BCUT2D eigenvalue weighted by Crippen LogP contribution is -2.71. The minimum absolute atomic E-state index is 0.389. The lowest BCUT2D eigenvalue weighted by atomic mass is 9.12. The normalized spacial score (nSPS) is 14.1. The molecule has 6 rings (SSSR count). The first-order valence-corrected chi connectivity index (χ1v) is 20.0. The van der Waals surface area contributed by atoms with E-state index in [1.54, 1.807) is 0 Å². The van der Waals surface area contributed by atoms with E-state index in [1.807, 2.05) is 0 Å². The van der Waals surface area contributed by atoms with Crippen molar-refractivity contribution in [3.8, 4) is 0 Å². The van der Waals surface area contributed by atoms with Gasteiger partial charge in [-0.2, -0.15) is 10.9 Å². The summed E-state index contributed by atoms with van der Waals surface area (Å²) in [6, 6.07) is 9.26. The summed E-state index contributed by atoms with van der Waals surface area (Å²) in [6.07, 6.45) is -5.38. The van der Waals surface area contributed by atoms with Crippen molar-refractivity contribution < 1.29 is 65.9 Å². The zero-order valence-corrected chi connectivity index (χ0v) is 34.9. The van der Waals surface area contributed by atoms with E-state index in [4.69, 9.17) is 0 Å². The van der Waals surface area contributed by atoms with Crippen LogP contribution in [0.1, 0.15) is 79.0 Å². The number of benzene rings is 5. The van der Waals surface area contributed by atoms with Gasteiger partial charge in [0, 0.05) is 13.5 Å². The van der Waals surface area contributed by atoms with Crippen LogP contribution in [-0.4, -0.2) is 21.6 Å². The van der Waals surface area contributed by atoms with Gasteiger partial charge in [0.15, 0.2) is 58.2 Å². The van der Waals surface area contributed by atoms with E-state index in [1.165, 1.54) is 18.2 Å². The summed E-state index contributed by atoms with van der Waals surface area (Å²) in [4.78, 5) is 0. The summed E-state index contributed by atoms with van der Waals surface area (Å²) >= 11 is 0. The monoisotopic (exact) mass is 892 g/mol. The van der Waals surface area contributed by atoms with Crippen molar-refractivity contribution in [3.05, 3.63) is 159 Å². The largest absolute Gasteiger partial charge is 0.207 e. The maximum Gasteiger partial charge on any atom is 0.200 e. The zero-order valence-electron chi connectivity index (χ0n) is 33.9. The number of hydrogen-bond acceptors (Lipinski definition) is 0. The highest BCUT2D eigenvalue weighted by atomic mass is 31.1. The van der Waals surface area contributed by atoms with Crippen LogP contribution in [0.25, 0.3) is 11.0 Å². The molecule has 1 heterocycles. The molecule has 0 nitrogen and oxygen atoms in total. The minimum Gasteiger partial charge on any atom is -0.207 e. The van der Waals surface area contributed by atoms with E-state index >= 15 is 26.3 Å². The van der Waals surface area contributed by atoms with Crippen LogP contribution in [0, 0.1) is 87.3 Å². The van der Waals surface area contributed by atoms with Crippen molar-refractivity contribution in [2.75, 3.05) is 0 Å². The Labute approximate surface area is 343 Å². The molecule has 0 aromatic heterocycles. The Morgan fingerprint density at radius 2 is 0.656 bits per heavy atom. The molecule has 0 saturated carbocycles. The van der Waals surface area contributed by atoms with Crippen molar-refractivity contribution in [2.24, 2.45) is 0 Å². The Kier molecular flexibility index (Phi) is 12.6. The first-order chi connectivity index (χ1) is 28.0. The molecule has 0 aliphatic carbocycles. The lowest BCUT2D eigenvalue weighted by Gasteiger charge is -2.44. The molecule has 61 heavy (non-hydrogen) atoms. The number of rotatable bonds is 4. The molecule has 0 fully saturated rings. The van der Waals surface area contributed by atoms with E-state index in [0.29, 0.717) is 21.5 Å². The van der Waals surface area contributed by atoms with Crippen LogP contribution in [0.15, 0.2) is 54.6 Å². The van der Waals surface area contributed by atoms with Gasteiger partial charge in [0.1, 0.15) is 29.4 Å². The van der Waals surface area contributed by atoms with Gasteiger partial charge in [0.25, 0.3) is 0 Å². The third-order valence-corrected chi connectivity index (χ3v) is 15.0. The Bertz CT molecular complexity index is 2410. The first-order valence-electron chi connectivity index (χ1n) is 18.5. The average molecular weight is 893 g/mol. The van der Waals surface area contributed by atoms with Crippen LogP contribution in [0.2, 0.25) is 0 Å². The van der Waals surface area contributed by atoms with Crippen LogP contribution in [-0.2, 0) is 0 Å². The van der Waals surface area contributed by atoms with Gasteiger partial charge >= 0.3 is 0 Å². The molecule has 5 aromatic rings. The van der Waals surface area contributed by atoms with Crippen molar-refractivity contribution in [1.82, 2.24) is 0 Å². The van der Waals surface area contributed by atoms with Crippen LogP contribution < -0.4 is 16.4 Å². The molecule has 0 atom stereocenters. The molecule has 0 spiro atoms. The van der Waals surface area contributed by atoms with Crippen molar-refractivity contribution >= 4 is 41.5 Å². The molecular weight excluding hydrogens is 855 g/mol. The second-order valence-corrected chi connectivity index (χ2v) is 22.9. The fourth-order valence-electron chi connectivity index (χ4n) is 9.84. The van der Waals surface area contributed by atoms with Crippen LogP contribution >= 0.6 is 7.92 Å². The Balaban J connectivity index is 0.000000469. The van der Waals surface area contributed by atoms with Crippen molar-refractivity contribution in [1.29, 1.82) is 0 Å². The zero-order chi connectivity index (χ0) is 46.2. The second kappa shape index (κ2) is 16.2. The highest BCUT2D eigenvalue weighted by Crippen LogP contribution is 2.67. The maximum atomic E-state index is 16.0. The molecular formula is C44H37BF15P. The number of fused-ring (bicyclic) bond motifs is 1. The summed E-state index contributed by atoms with van der Waals surface area (Å²) in [7, 11) is -0.391. The topological polar surface area (TPSA) is 0 Å². The van der Waals surface area contributed by atoms with Gasteiger partial charge in [0.05, 0.1) is 15.5 Å². The maximum absolute atomic E-state index is 16.0. The van der Waals surface area contributed by atoms with E-state index < -0.39 is 140 Å². The van der Waals surface area contributed by atoms with Crippen molar-refractivity contribution in [2.45, 2.75) is 77.8 Å². The quantitative estimate of drug-likeness (QED) is 0.0554. The average Bonchev–Trinajstić information content (AvgIpc) is 3.45. The van der Waals surface area contributed by atoms with Gasteiger partial charge in [-0.3, -0.25) is 0 Å². The van der Waals surface area contributed by atoms with Gasteiger partial charge in [-0.05, 0) is 73.5 Å². The minimum atomic E-state index is -5.38. The number of halogens is 15. The molecule has 5 aromatic carbocycles. The summed E-state index contributed by atoms with van der Waals surface area (Å²) in [5, 5.41) is 1.46. The summed E-state index contributed by atoms with van der Waals surface area (Å²) < 4.78 is 228. The van der Waals surface area contributed by atoms with Gasteiger partial charge in [-0.25, -0.2) is 65.9 Å². The third kappa shape index (κ3) is 7.54. The first kappa shape index (κ1) is 47.3.